The van der Waals surface area contributed by atoms with Crippen LogP contribution < -0.4 is 0 Å². The first kappa shape index (κ1) is 20.9. The number of carboxylic acids is 1. The van der Waals surface area contributed by atoms with Crippen LogP contribution in [0.5, 0.6) is 0 Å². The second-order valence-corrected chi connectivity index (χ2v) is 7.44. The van der Waals surface area contributed by atoms with Crippen molar-refractivity contribution in [3.63, 3.8) is 0 Å². The third-order valence-corrected chi connectivity index (χ3v) is 4.26. The van der Waals surface area contributed by atoms with E-state index in [0.717, 1.165) is 12.8 Å². The molecule has 0 fully saturated rings. The van der Waals surface area contributed by atoms with Crippen molar-refractivity contribution >= 4 is 11.9 Å². The van der Waals surface area contributed by atoms with Crippen molar-refractivity contribution in [2.45, 2.75) is 80.3 Å². The molecule has 4 nitrogen and oxygen atoms in total. The second-order valence-electron chi connectivity index (χ2n) is 7.44. The second kappa shape index (κ2) is 9.16. The summed E-state index contributed by atoms with van der Waals surface area (Å²) in [7, 11) is 0. The number of carbonyl (C=O) groups is 2. The molecule has 0 spiro atoms. The van der Waals surface area contributed by atoms with Gasteiger partial charge in [0.25, 0.3) is 0 Å². The number of carbonyl (C=O) groups excluding carboxylic acids is 1. The number of esters is 1. The molecule has 0 radical (unpaired) electrons. The largest absolute Gasteiger partial charge is 0.480 e. The minimum absolute atomic E-state index is 0.113. The highest BCUT2D eigenvalue weighted by molar-refractivity contribution is 5.99. The van der Waals surface area contributed by atoms with Gasteiger partial charge in [-0.05, 0) is 43.4 Å². The lowest BCUT2D eigenvalue weighted by Crippen LogP contribution is -2.47. The van der Waals surface area contributed by atoms with Gasteiger partial charge in [-0.1, -0.05) is 48.5 Å². The van der Waals surface area contributed by atoms with Crippen molar-refractivity contribution in [2.24, 2.45) is 23.2 Å². The molecule has 130 valence electrons. The predicted molar refractivity (Wildman–Crippen MR) is 88.6 cm³/mol. The van der Waals surface area contributed by atoms with Crippen molar-refractivity contribution in [2.75, 3.05) is 0 Å². The van der Waals surface area contributed by atoms with Crippen LogP contribution >= 0.6 is 0 Å². The normalized spacial score (nSPS) is 15.9. The molecular weight excluding hydrogens is 280 g/mol. The summed E-state index contributed by atoms with van der Waals surface area (Å²) in [6.45, 7) is 13.7. The highest BCUT2D eigenvalue weighted by Crippen LogP contribution is 2.37. The van der Waals surface area contributed by atoms with Crippen molar-refractivity contribution in [3.8, 4) is 0 Å². The van der Waals surface area contributed by atoms with Crippen LogP contribution in [0.25, 0.3) is 0 Å². The van der Waals surface area contributed by atoms with Crippen molar-refractivity contribution in [1.82, 2.24) is 0 Å². The number of hydrogen-bond acceptors (Lipinski definition) is 3. The molecule has 4 heteroatoms. The lowest BCUT2D eigenvalue weighted by atomic mass is 9.71. The molecule has 2 unspecified atom stereocenters. The lowest BCUT2D eigenvalue weighted by Gasteiger charge is -2.34. The molecule has 0 bridgehead atoms. The van der Waals surface area contributed by atoms with E-state index in [1.54, 1.807) is 13.8 Å². The summed E-state index contributed by atoms with van der Waals surface area (Å²) in [6, 6.07) is 0. The SMILES string of the molecule is CCC(CCC(C)C)OC(=O)C(CC(C)C)(C(=O)O)C(C)C. The van der Waals surface area contributed by atoms with Crippen LogP contribution in [0.3, 0.4) is 0 Å². The Kier molecular flexibility index (Phi) is 8.72. The zero-order valence-corrected chi connectivity index (χ0v) is 15.3. The predicted octanol–water partition coefficient (Wildman–Crippen LogP) is 4.52. The number of hydrogen-bond donors (Lipinski definition) is 1. The molecule has 0 aromatic carbocycles. The van der Waals surface area contributed by atoms with Crippen LogP contribution in [0.4, 0.5) is 0 Å². The van der Waals surface area contributed by atoms with Gasteiger partial charge in [0.05, 0.1) is 0 Å². The van der Waals surface area contributed by atoms with Gasteiger partial charge in [0.1, 0.15) is 6.10 Å². The molecule has 2 atom stereocenters. The first-order valence-electron chi connectivity index (χ1n) is 8.52. The number of rotatable bonds is 10. The van der Waals surface area contributed by atoms with Crippen LogP contribution in [-0.4, -0.2) is 23.1 Å². The van der Waals surface area contributed by atoms with Gasteiger partial charge in [-0.25, -0.2) is 0 Å². The third-order valence-electron chi connectivity index (χ3n) is 4.26. The Balaban J connectivity index is 5.22. The van der Waals surface area contributed by atoms with Crippen molar-refractivity contribution < 1.29 is 19.4 Å². The summed E-state index contributed by atoms with van der Waals surface area (Å²) in [6.07, 6.45) is 2.58. The van der Waals surface area contributed by atoms with E-state index >= 15 is 0 Å². The Morgan fingerprint density at radius 3 is 1.86 bits per heavy atom. The molecule has 0 saturated heterocycles. The summed E-state index contributed by atoms with van der Waals surface area (Å²) in [5, 5.41) is 9.72. The first-order chi connectivity index (χ1) is 10.1. The summed E-state index contributed by atoms with van der Waals surface area (Å²) >= 11 is 0. The summed E-state index contributed by atoms with van der Waals surface area (Å²) < 4.78 is 5.62. The quantitative estimate of drug-likeness (QED) is 0.476. The maximum atomic E-state index is 12.7. The van der Waals surface area contributed by atoms with Crippen LogP contribution in [0.2, 0.25) is 0 Å². The standard InChI is InChI=1S/C18H34O4/c1-8-15(10-9-12(2)3)22-17(21)18(14(6)7,16(19)20)11-13(4)5/h12-15H,8-11H2,1-7H3,(H,19,20). The fourth-order valence-corrected chi connectivity index (χ4v) is 2.74. The molecule has 0 amide bonds. The fourth-order valence-electron chi connectivity index (χ4n) is 2.74. The summed E-state index contributed by atoms with van der Waals surface area (Å²) in [4.78, 5) is 24.6. The Morgan fingerprint density at radius 1 is 1.00 bits per heavy atom. The molecular formula is C18H34O4. The maximum Gasteiger partial charge on any atom is 0.324 e. The minimum atomic E-state index is -1.45. The van der Waals surface area contributed by atoms with E-state index in [-0.39, 0.29) is 17.9 Å². The van der Waals surface area contributed by atoms with Crippen LogP contribution in [-0.2, 0) is 14.3 Å². The van der Waals surface area contributed by atoms with Crippen molar-refractivity contribution in [3.05, 3.63) is 0 Å². The molecule has 22 heavy (non-hydrogen) atoms. The highest BCUT2D eigenvalue weighted by Gasteiger charge is 2.51. The lowest BCUT2D eigenvalue weighted by molar-refractivity contribution is -0.178. The molecule has 0 aliphatic rings. The average Bonchev–Trinajstić information content (AvgIpc) is 2.38. The monoisotopic (exact) mass is 314 g/mol. The third kappa shape index (κ3) is 5.62. The summed E-state index contributed by atoms with van der Waals surface area (Å²) in [5.41, 5.74) is -1.45. The van der Waals surface area contributed by atoms with Gasteiger partial charge in [-0.2, -0.15) is 0 Å². The molecule has 1 N–H and O–H groups in total. The highest BCUT2D eigenvalue weighted by atomic mass is 16.5. The molecule has 0 aromatic rings. The molecule has 0 aromatic heterocycles. The molecule has 0 heterocycles. The fraction of sp³-hybridized carbons (Fsp3) is 0.889. The Morgan fingerprint density at radius 2 is 1.55 bits per heavy atom. The van der Waals surface area contributed by atoms with E-state index in [0.29, 0.717) is 18.8 Å². The van der Waals surface area contributed by atoms with Crippen LogP contribution in [0.1, 0.15) is 74.1 Å². The Bertz CT molecular complexity index is 360. The van der Waals surface area contributed by atoms with Gasteiger partial charge in [0.15, 0.2) is 5.41 Å². The number of aliphatic carboxylic acids is 1. The first-order valence-corrected chi connectivity index (χ1v) is 8.52. The Hall–Kier alpha value is -1.06. The molecule has 0 rings (SSSR count). The van der Waals surface area contributed by atoms with E-state index in [2.05, 4.69) is 13.8 Å². The van der Waals surface area contributed by atoms with E-state index in [9.17, 15) is 14.7 Å². The van der Waals surface area contributed by atoms with Crippen LogP contribution in [0.15, 0.2) is 0 Å². The zero-order valence-electron chi connectivity index (χ0n) is 15.3. The molecule has 0 aliphatic heterocycles. The van der Waals surface area contributed by atoms with E-state index in [1.165, 1.54) is 0 Å². The van der Waals surface area contributed by atoms with Gasteiger partial charge < -0.3 is 9.84 Å². The average molecular weight is 314 g/mol. The van der Waals surface area contributed by atoms with Gasteiger partial charge >= 0.3 is 11.9 Å². The van der Waals surface area contributed by atoms with Crippen molar-refractivity contribution in [1.29, 1.82) is 0 Å². The molecule has 0 saturated carbocycles. The van der Waals surface area contributed by atoms with Gasteiger partial charge in [0.2, 0.25) is 0 Å². The van der Waals surface area contributed by atoms with Gasteiger partial charge in [-0.15, -0.1) is 0 Å². The zero-order chi connectivity index (χ0) is 17.5. The minimum Gasteiger partial charge on any atom is -0.480 e. The van der Waals surface area contributed by atoms with Crippen LogP contribution in [0, 0.1) is 23.2 Å². The van der Waals surface area contributed by atoms with E-state index in [1.807, 2.05) is 20.8 Å². The van der Waals surface area contributed by atoms with E-state index in [4.69, 9.17) is 4.74 Å². The maximum absolute atomic E-state index is 12.7. The van der Waals surface area contributed by atoms with Gasteiger partial charge in [0, 0.05) is 0 Å². The van der Waals surface area contributed by atoms with E-state index < -0.39 is 17.4 Å². The number of ether oxygens (including phenoxy) is 1. The summed E-state index contributed by atoms with van der Waals surface area (Å²) in [5.74, 6) is -1.29. The number of carboxylic acid groups (broad SMARTS) is 1. The Labute approximate surface area is 135 Å². The molecule has 0 aliphatic carbocycles. The smallest absolute Gasteiger partial charge is 0.324 e. The topological polar surface area (TPSA) is 63.6 Å². The van der Waals surface area contributed by atoms with Gasteiger partial charge in [-0.3, -0.25) is 9.59 Å².